The molecule has 1 rings (SSSR count). The minimum absolute atomic E-state index is 0.0845. The molecule has 1 heterocycles. The molecule has 3 heteroatoms. The van der Waals surface area contributed by atoms with Crippen LogP contribution in [0.15, 0.2) is 35.0 Å². The van der Waals surface area contributed by atoms with Crippen molar-refractivity contribution in [3.63, 3.8) is 0 Å². The lowest BCUT2D eigenvalue weighted by atomic mass is 10.2. The van der Waals surface area contributed by atoms with E-state index in [0.717, 1.165) is 5.76 Å². The SMILES string of the molecule is CC=CC(=O)NC(C)c1ccco1. The molecule has 70 valence electrons. The van der Waals surface area contributed by atoms with Crippen LogP contribution < -0.4 is 5.32 Å². The Morgan fingerprint density at radius 1 is 1.69 bits per heavy atom. The number of carbonyl (C=O) groups is 1. The summed E-state index contributed by atoms with van der Waals surface area (Å²) in [7, 11) is 0. The van der Waals surface area contributed by atoms with E-state index in [-0.39, 0.29) is 11.9 Å². The van der Waals surface area contributed by atoms with Crippen LogP contribution in [-0.4, -0.2) is 5.91 Å². The zero-order chi connectivity index (χ0) is 9.68. The lowest BCUT2D eigenvalue weighted by Crippen LogP contribution is -2.24. The third-order valence-corrected chi connectivity index (χ3v) is 1.65. The van der Waals surface area contributed by atoms with Gasteiger partial charge in [0, 0.05) is 0 Å². The molecule has 1 aromatic heterocycles. The van der Waals surface area contributed by atoms with Crippen molar-refractivity contribution in [2.24, 2.45) is 0 Å². The van der Waals surface area contributed by atoms with E-state index >= 15 is 0 Å². The third kappa shape index (κ3) is 2.78. The second-order valence-corrected chi connectivity index (χ2v) is 2.75. The number of hydrogen-bond acceptors (Lipinski definition) is 2. The summed E-state index contributed by atoms with van der Waals surface area (Å²) in [4.78, 5) is 11.1. The Kier molecular flexibility index (Phi) is 3.31. The number of amides is 1. The Labute approximate surface area is 77.4 Å². The average molecular weight is 179 g/mol. The van der Waals surface area contributed by atoms with Gasteiger partial charge in [0.25, 0.3) is 0 Å². The number of carbonyl (C=O) groups excluding carboxylic acids is 1. The third-order valence-electron chi connectivity index (χ3n) is 1.65. The molecule has 0 aliphatic rings. The molecule has 0 saturated carbocycles. The second-order valence-electron chi connectivity index (χ2n) is 2.75. The smallest absolute Gasteiger partial charge is 0.244 e. The number of hydrogen-bond donors (Lipinski definition) is 1. The molecule has 1 unspecified atom stereocenters. The Morgan fingerprint density at radius 3 is 3.00 bits per heavy atom. The first-order chi connectivity index (χ1) is 6.24. The molecule has 1 amide bonds. The van der Waals surface area contributed by atoms with E-state index in [2.05, 4.69) is 5.32 Å². The maximum absolute atomic E-state index is 11.1. The lowest BCUT2D eigenvalue weighted by Gasteiger charge is -2.08. The normalized spacial score (nSPS) is 13.1. The van der Waals surface area contributed by atoms with E-state index in [1.165, 1.54) is 6.08 Å². The molecule has 1 aromatic rings. The summed E-state index contributed by atoms with van der Waals surface area (Å²) in [6.07, 6.45) is 4.78. The van der Waals surface area contributed by atoms with Gasteiger partial charge in [0.15, 0.2) is 0 Å². The highest BCUT2D eigenvalue weighted by molar-refractivity contribution is 5.87. The van der Waals surface area contributed by atoms with Gasteiger partial charge in [-0.25, -0.2) is 0 Å². The first-order valence-corrected chi connectivity index (χ1v) is 4.20. The van der Waals surface area contributed by atoms with E-state index in [4.69, 9.17) is 4.42 Å². The van der Waals surface area contributed by atoms with E-state index in [9.17, 15) is 4.79 Å². The molecular formula is C10H13NO2. The molecule has 1 atom stereocenters. The van der Waals surface area contributed by atoms with Crippen LogP contribution in [0, 0.1) is 0 Å². The first kappa shape index (κ1) is 9.58. The summed E-state index contributed by atoms with van der Waals surface area (Å²) in [5, 5.41) is 2.76. The minimum atomic E-state index is -0.105. The monoisotopic (exact) mass is 179 g/mol. The first-order valence-electron chi connectivity index (χ1n) is 4.20. The Morgan fingerprint density at radius 2 is 2.46 bits per heavy atom. The molecule has 3 nitrogen and oxygen atoms in total. The van der Waals surface area contributed by atoms with Crippen molar-refractivity contribution < 1.29 is 9.21 Å². The largest absolute Gasteiger partial charge is 0.467 e. The van der Waals surface area contributed by atoms with E-state index in [0.29, 0.717) is 0 Å². The molecule has 0 aliphatic heterocycles. The van der Waals surface area contributed by atoms with Crippen LogP contribution in [0.3, 0.4) is 0 Å². The van der Waals surface area contributed by atoms with Crippen molar-refractivity contribution in [1.82, 2.24) is 5.32 Å². The van der Waals surface area contributed by atoms with Gasteiger partial charge >= 0.3 is 0 Å². The van der Waals surface area contributed by atoms with Gasteiger partial charge in [-0.15, -0.1) is 0 Å². The summed E-state index contributed by atoms with van der Waals surface area (Å²) in [5.41, 5.74) is 0. The van der Waals surface area contributed by atoms with Crippen molar-refractivity contribution in [3.05, 3.63) is 36.3 Å². The van der Waals surface area contributed by atoms with E-state index in [1.54, 1.807) is 25.3 Å². The zero-order valence-corrected chi connectivity index (χ0v) is 7.78. The van der Waals surface area contributed by atoms with Crippen LogP contribution in [-0.2, 0) is 4.79 Å². The van der Waals surface area contributed by atoms with Gasteiger partial charge in [0.2, 0.25) is 5.91 Å². The molecule has 0 saturated heterocycles. The van der Waals surface area contributed by atoms with Gasteiger partial charge < -0.3 is 9.73 Å². The number of rotatable bonds is 3. The Hall–Kier alpha value is -1.51. The van der Waals surface area contributed by atoms with Crippen LogP contribution >= 0.6 is 0 Å². The molecule has 0 spiro atoms. The van der Waals surface area contributed by atoms with Crippen molar-refractivity contribution >= 4 is 5.91 Å². The van der Waals surface area contributed by atoms with Crippen molar-refractivity contribution in [3.8, 4) is 0 Å². The molecule has 0 fully saturated rings. The highest BCUT2D eigenvalue weighted by Crippen LogP contribution is 2.11. The quantitative estimate of drug-likeness (QED) is 0.721. The topological polar surface area (TPSA) is 42.2 Å². The predicted octanol–water partition coefficient (Wildman–Crippen LogP) is 2.03. The minimum Gasteiger partial charge on any atom is -0.467 e. The summed E-state index contributed by atoms with van der Waals surface area (Å²) in [6, 6.07) is 3.55. The van der Waals surface area contributed by atoms with Gasteiger partial charge in [-0.3, -0.25) is 4.79 Å². The maximum Gasteiger partial charge on any atom is 0.244 e. The summed E-state index contributed by atoms with van der Waals surface area (Å²) < 4.78 is 5.14. The van der Waals surface area contributed by atoms with Gasteiger partial charge in [0.1, 0.15) is 5.76 Å². The fourth-order valence-corrected chi connectivity index (χ4v) is 1.02. The van der Waals surface area contributed by atoms with Gasteiger partial charge in [-0.05, 0) is 32.1 Å². The Balaban J connectivity index is 2.51. The van der Waals surface area contributed by atoms with Crippen molar-refractivity contribution in [2.45, 2.75) is 19.9 Å². The molecule has 13 heavy (non-hydrogen) atoms. The fraction of sp³-hybridized carbons (Fsp3) is 0.300. The van der Waals surface area contributed by atoms with Crippen LogP contribution in [0.2, 0.25) is 0 Å². The standard InChI is InChI=1S/C10H13NO2/c1-3-5-10(12)11-8(2)9-6-4-7-13-9/h3-8H,1-2H3,(H,11,12). The average Bonchev–Trinajstić information content (AvgIpc) is 2.55. The molecule has 1 N–H and O–H groups in total. The second kappa shape index (κ2) is 4.50. The van der Waals surface area contributed by atoms with Gasteiger partial charge in [-0.2, -0.15) is 0 Å². The van der Waals surface area contributed by atoms with Crippen molar-refractivity contribution in [1.29, 1.82) is 0 Å². The van der Waals surface area contributed by atoms with Crippen LogP contribution in [0.1, 0.15) is 25.6 Å². The van der Waals surface area contributed by atoms with Crippen LogP contribution in [0.4, 0.5) is 0 Å². The molecule has 0 aromatic carbocycles. The summed E-state index contributed by atoms with van der Waals surface area (Å²) in [5.74, 6) is 0.657. The lowest BCUT2D eigenvalue weighted by molar-refractivity contribution is -0.117. The van der Waals surface area contributed by atoms with Crippen LogP contribution in [0.25, 0.3) is 0 Å². The van der Waals surface area contributed by atoms with E-state index in [1.807, 2.05) is 13.0 Å². The number of nitrogens with one attached hydrogen (secondary N) is 1. The van der Waals surface area contributed by atoms with Crippen LogP contribution in [0.5, 0.6) is 0 Å². The summed E-state index contributed by atoms with van der Waals surface area (Å²) >= 11 is 0. The molecule has 0 radical (unpaired) electrons. The summed E-state index contributed by atoms with van der Waals surface area (Å²) in [6.45, 7) is 3.68. The maximum atomic E-state index is 11.1. The molecule has 0 aliphatic carbocycles. The highest BCUT2D eigenvalue weighted by atomic mass is 16.3. The predicted molar refractivity (Wildman–Crippen MR) is 50.1 cm³/mol. The van der Waals surface area contributed by atoms with Gasteiger partial charge in [-0.1, -0.05) is 6.08 Å². The van der Waals surface area contributed by atoms with Crippen molar-refractivity contribution in [2.75, 3.05) is 0 Å². The van der Waals surface area contributed by atoms with E-state index < -0.39 is 0 Å². The molecule has 0 bridgehead atoms. The fourth-order valence-electron chi connectivity index (χ4n) is 1.02. The van der Waals surface area contributed by atoms with Gasteiger partial charge in [0.05, 0.1) is 12.3 Å². The zero-order valence-electron chi connectivity index (χ0n) is 7.78. The molecular weight excluding hydrogens is 166 g/mol. The highest BCUT2D eigenvalue weighted by Gasteiger charge is 2.08. The number of allylic oxidation sites excluding steroid dienone is 1. The Bertz CT molecular complexity index is 288. The number of furan rings is 1.